The predicted octanol–water partition coefficient (Wildman–Crippen LogP) is 3.70. The average molecular weight is 406 g/mol. The van der Waals surface area contributed by atoms with Crippen molar-refractivity contribution >= 4 is 17.6 Å². The number of amidine groups is 1. The molecule has 0 bridgehead atoms. The molecular formula is C23H26N4O3. The number of nitrogens with zero attached hydrogens (tertiary/aromatic N) is 3. The fourth-order valence-electron chi connectivity index (χ4n) is 3.62. The summed E-state index contributed by atoms with van der Waals surface area (Å²) in [6.45, 7) is 8.72. The lowest BCUT2D eigenvalue weighted by atomic mass is 10.1. The lowest BCUT2D eigenvalue weighted by Crippen LogP contribution is -2.53. The van der Waals surface area contributed by atoms with E-state index in [4.69, 9.17) is 14.5 Å². The van der Waals surface area contributed by atoms with Crippen molar-refractivity contribution in [1.29, 1.82) is 0 Å². The second kappa shape index (κ2) is 8.49. The Bertz CT molecular complexity index is 994. The van der Waals surface area contributed by atoms with Crippen LogP contribution in [0.3, 0.4) is 0 Å². The summed E-state index contributed by atoms with van der Waals surface area (Å²) < 4.78 is 11.7. The number of benzene rings is 2. The number of methoxy groups -OCH3 is 1. The highest BCUT2D eigenvalue weighted by molar-refractivity contribution is 6.04. The maximum absolute atomic E-state index is 12.3. The van der Waals surface area contributed by atoms with Gasteiger partial charge in [0.05, 0.1) is 12.7 Å². The Morgan fingerprint density at radius 1 is 1.20 bits per heavy atom. The number of hydrogen-bond acceptors (Lipinski definition) is 5. The number of urea groups is 1. The summed E-state index contributed by atoms with van der Waals surface area (Å²) in [4.78, 5) is 21.2. The van der Waals surface area contributed by atoms with Gasteiger partial charge in [-0.05, 0) is 42.8 Å². The van der Waals surface area contributed by atoms with Crippen LogP contribution in [0.15, 0.2) is 54.0 Å². The first-order chi connectivity index (χ1) is 14.6. The van der Waals surface area contributed by atoms with E-state index < -0.39 is 0 Å². The van der Waals surface area contributed by atoms with E-state index >= 15 is 0 Å². The van der Waals surface area contributed by atoms with Crippen molar-refractivity contribution < 1.29 is 14.3 Å². The maximum Gasteiger partial charge on any atom is 0.317 e. The minimum atomic E-state index is -0.0661. The number of nitrogens with one attached hydrogen (secondary N) is 1. The van der Waals surface area contributed by atoms with Crippen LogP contribution in [0.1, 0.15) is 11.1 Å². The van der Waals surface area contributed by atoms with Gasteiger partial charge in [-0.25, -0.2) is 9.79 Å². The molecule has 1 N–H and O–H groups in total. The summed E-state index contributed by atoms with van der Waals surface area (Å²) in [5, 5.41) is 2.84. The van der Waals surface area contributed by atoms with Crippen LogP contribution in [0.4, 0.5) is 10.5 Å². The van der Waals surface area contributed by atoms with Crippen molar-refractivity contribution in [2.45, 2.75) is 6.92 Å². The highest BCUT2D eigenvalue weighted by Gasteiger charge is 2.27. The van der Waals surface area contributed by atoms with Crippen molar-refractivity contribution in [2.24, 2.45) is 4.99 Å². The molecule has 0 saturated carbocycles. The third-order valence-electron chi connectivity index (χ3n) is 5.25. The molecule has 0 aromatic heterocycles. The van der Waals surface area contributed by atoms with Crippen LogP contribution in [-0.2, 0) is 0 Å². The molecular weight excluding hydrogens is 380 g/mol. The van der Waals surface area contributed by atoms with Gasteiger partial charge < -0.3 is 24.6 Å². The summed E-state index contributed by atoms with van der Waals surface area (Å²) in [5.41, 5.74) is 2.78. The largest absolute Gasteiger partial charge is 0.497 e. The Hall–Kier alpha value is -3.48. The number of hydrogen-bond donors (Lipinski definition) is 1. The third kappa shape index (κ3) is 3.96. The van der Waals surface area contributed by atoms with Crippen LogP contribution >= 0.6 is 0 Å². The molecule has 0 spiro atoms. The number of rotatable bonds is 3. The van der Waals surface area contributed by atoms with E-state index in [-0.39, 0.29) is 6.03 Å². The molecule has 156 valence electrons. The van der Waals surface area contributed by atoms with Crippen molar-refractivity contribution in [1.82, 2.24) is 15.1 Å². The van der Waals surface area contributed by atoms with Gasteiger partial charge in [0.25, 0.3) is 0 Å². The van der Waals surface area contributed by atoms with Crippen molar-refractivity contribution in [2.75, 3.05) is 39.8 Å². The van der Waals surface area contributed by atoms with Crippen LogP contribution in [0.5, 0.6) is 17.2 Å². The van der Waals surface area contributed by atoms with Gasteiger partial charge in [0.1, 0.15) is 23.0 Å². The van der Waals surface area contributed by atoms with Crippen molar-refractivity contribution in [3.05, 3.63) is 60.2 Å². The molecule has 2 aliphatic heterocycles. The Balaban J connectivity index is 1.65. The molecule has 1 fully saturated rings. The van der Waals surface area contributed by atoms with Gasteiger partial charge in [0, 0.05) is 32.7 Å². The monoisotopic (exact) mass is 406 g/mol. The molecule has 2 amide bonds. The van der Waals surface area contributed by atoms with Crippen LogP contribution in [-0.4, -0.2) is 61.5 Å². The van der Waals surface area contributed by atoms with E-state index in [2.05, 4.69) is 16.8 Å². The summed E-state index contributed by atoms with van der Waals surface area (Å²) >= 11 is 0. The van der Waals surface area contributed by atoms with Gasteiger partial charge in [-0.2, -0.15) is 0 Å². The summed E-state index contributed by atoms with van der Waals surface area (Å²) in [7, 11) is 1.65. The molecule has 2 aliphatic rings. The molecule has 7 heteroatoms. The zero-order chi connectivity index (χ0) is 21.1. The first-order valence-corrected chi connectivity index (χ1v) is 10.0. The van der Waals surface area contributed by atoms with E-state index in [0.717, 1.165) is 39.9 Å². The van der Waals surface area contributed by atoms with E-state index in [9.17, 15) is 4.79 Å². The van der Waals surface area contributed by atoms with E-state index in [1.165, 1.54) is 0 Å². The Labute approximate surface area is 176 Å². The van der Waals surface area contributed by atoms with Gasteiger partial charge in [-0.1, -0.05) is 12.1 Å². The lowest BCUT2D eigenvalue weighted by Gasteiger charge is -2.36. The molecule has 1 saturated heterocycles. The molecule has 0 aliphatic carbocycles. The second-order valence-corrected chi connectivity index (χ2v) is 7.32. The molecule has 0 atom stereocenters. The highest BCUT2D eigenvalue weighted by atomic mass is 16.5. The number of amides is 2. The first-order valence-electron chi connectivity index (χ1n) is 10.0. The van der Waals surface area contributed by atoms with Crippen molar-refractivity contribution in [3.8, 4) is 17.2 Å². The zero-order valence-corrected chi connectivity index (χ0v) is 17.4. The Morgan fingerprint density at radius 2 is 2.00 bits per heavy atom. The average Bonchev–Trinajstić information content (AvgIpc) is 2.93. The number of fused-ring (bicyclic) bond motifs is 2. The number of aliphatic imine (C=N–C) groups is 1. The van der Waals surface area contributed by atoms with Gasteiger partial charge in [-0.15, -0.1) is 6.58 Å². The Kier molecular flexibility index (Phi) is 5.61. The molecule has 0 radical (unpaired) electrons. The zero-order valence-electron chi connectivity index (χ0n) is 17.4. The van der Waals surface area contributed by atoms with Gasteiger partial charge in [0.2, 0.25) is 0 Å². The summed E-state index contributed by atoms with van der Waals surface area (Å²) in [5.74, 6) is 3.05. The normalized spacial score (nSPS) is 15.2. The van der Waals surface area contributed by atoms with E-state index in [1.54, 1.807) is 13.2 Å². The molecule has 7 nitrogen and oxygen atoms in total. The molecule has 30 heavy (non-hydrogen) atoms. The van der Waals surface area contributed by atoms with Crippen LogP contribution in [0.2, 0.25) is 0 Å². The SMILES string of the molecule is C=CCNC(=O)N1CCN(C2=Nc3ccc(C)cc3Oc3ccc(OC)cc32)CC1. The fraction of sp³-hybridized carbons (Fsp3) is 0.304. The van der Waals surface area contributed by atoms with Gasteiger partial charge >= 0.3 is 6.03 Å². The lowest BCUT2D eigenvalue weighted by molar-refractivity contribution is 0.170. The van der Waals surface area contributed by atoms with Gasteiger partial charge in [-0.3, -0.25) is 0 Å². The third-order valence-corrected chi connectivity index (χ3v) is 5.25. The van der Waals surface area contributed by atoms with Crippen LogP contribution in [0.25, 0.3) is 0 Å². The molecule has 2 heterocycles. The van der Waals surface area contributed by atoms with E-state index in [0.29, 0.717) is 32.7 Å². The summed E-state index contributed by atoms with van der Waals surface area (Å²) in [6, 6.07) is 11.7. The van der Waals surface area contributed by atoms with E-state index in [1.807, 2.05) is 48.2 Å². The molecule has 0 unspecified atom stereocenters. The predicted molar refractivity (Wildman–Crippen MR) is 117 cm³/mol. The quantitative estimate of drug-likeness (QED) is 0.790. The maximum atomic E-state index is 12.3. The number of piperazine rings is 1. The summed E-state index contributed by atoms with van der Waals surface area (Å²) in [6.07, 6.45) is 1.68. The highest BCUT2D eigenvalue weighted by Crippen LogP contribution is 2.40. The minimum absolute atomic E-state index is 0.0661. The van der Waals surface area contributed by atoms with Crippen molar-refractivity contribution in [3.63, 3.8) is 0 Å². The first kappa shape index (κ1) is 19.8. The van der Waals surface area contributed by atoms with Crippen LogP contribution < -0.4 is 14.8 Å². The number of carbonyl (C=O) groups excluding carboxylic acids is 1. The molecule has 2 aromatic rings. The number of aryl methyl sites for hydroxylation is 1. The molecule has 4 rings (SSSR count). The smallest absolute Gasteiger partial charge is 0.317 e. The number of ether oxygens (including phenoxy) is 2. The standard InChI is InChI=1S/C23H26N4O3/c1-4-9-24-23(28)27-12-10-26(11-13-27)22-18-15-17(29-3)6-8-20(18)30-21-14-16(2)5-7-19(21)25-22/h4-8,14-15H,1,9-13H2,2-3H3,(H,24,28). The fourth-order valence-corrected chi connectivity index (χ4v) is 3.62. The molecule has 2 aromatic carbocycles. The second-order valence-electron chi connectivity index (χ2n) is 7.32. The topological polar surface area (TPSA) is 66.4 Å². The minimum Gasteiger partial charge on any atom is -0.497 e. The number of carbonyl (C=O) groups is 1. The van der Waals surface area contributed by atoms with Gasteiger partial charge in [0.15, 0.2) is 5.75 Å². The van der Waals surface area contributed by atoms with Crippen LogP contribution in [0, 0.1) is 6.92 Å². The Morgan fingerprint density at radius 3 is 2.73 bits per heavy atom.